The van der Waals surface area contributed by atoms with E-state index in [0.717, 1.165) is 22.3 Å². The van der Waals surface area contributed by atoms with E-state index in [2.05, 4.69) is 31.7 Å². The van der Waals surface area contributed by atoms with E-state index in [1.54, 1.807) is 14.2 Å². The molecule has 0 spiro atoms. The van der Waals surface area contributed by atoms with Gasteiger partial charge in [0.25, 0.3) is 0 Å². The fraction of sp³-hybridized carbons (Fsp3) is 0.417. The van der Waals surface area contributed by atoms with Crippen LogP contribution >= 0.6 is 15.9 Å². The van der Waals surface area contributed by atoms with E-state index in [1.165, 1.54) is 0 Å². The number of rotatable bonds is 6. The molecule has 1 aromatic rings. The Kier molecular flexibility index (Phi) is 7.24. The number of nitrogens with zero attached hydrogens (tertiary/aromatic N) is 1. The maximum Gasteiger partial charge on any atom is 0.210 e. The van der Waals surface area contributed by atoms with Crippen molar-refractivity contribution in [3.63, 3.8) is 0 Å². The monoisotopic (exact) mass is 330 g/mol. The van der Waals surface area contributed by atoms with Gasteiger partial charge in [-0.1, -0.05) is 0 Å². The summed E-state index contributed by atoms with van der Waals surface area (Å²) in [5.74, 6) is 6.68. The Morgan fingerprint density at radius 3 is 2.84 bits per heavy atom. The highest BCUT2D eigenvalue weighted by atomic mass is 79.9. The van der Waals surface area contributed by atoms with E-state index in [0.29, 0.717) is 19.1 Å². The molecule has 0 aliphatic heterocycles. The molecule has 7 heteroatoms. The summed E-state index contributed by atoms with van der Waals surface area (Å²) in [6.45, 7) is 1.30. The number of anilines is 1. The molecule has 19 heavy (non-hydrogen) atoms. The van der Waals surface area contributed by atoms with Crippen LogP contribution in [-0.2, 0) is 4.74 Å². The summed E-state index contributed by atoms with van der Waals surface area (Å²) < 4.78 is 11.0. The van der Waals surface area contributed by atoms with Crippen LogP contribution in [0.1, 0.15) is 6.42 Å². The van der Waals surface area contributed by atoms with E-state index in [-0.39, 0.29) is 0 Å². The molecule has 106 valence electrons. The summed E-state index contributed by atoms with van der Waals surface area (Å²) in [4.78, 5) is 4.30. The summed E-state index contributed by atoms with van der Waals surface area (Å²) in [6.07, 6.45) is 0.836. The number of ether oxygens (including phenoxy) is 2. The minimum absolute atomic E-state index is 0.491. The highest BCUT2D eigenvalue weighted by Gasteiger charge is 2.04. The zero-order chi connectivity index (χ0) is 14.1. The second-order valence-electron chi connectivity index (χ2n) is 3.69. The molecule has 0 atom stereocenters. The van der Waals surface area contributed by atoms with Crippen LogP contribution in [-0.4, -0.2) is 33.3 Å². The van der Waals surface area contributed by atoms with Gasteiger partial charge in [-0.3, -0.25) is 10.4 Å². The van der Waals surface area contributed by atoms with Crippen LogP contribution in [0.3, 0.4) is 0 Å². The van der Waals surface area contributed by atoms with E-state index in [9.17, 15) is 0 Å². The molecule has 4 N–H and O–H groups in total. The molecule has 0 aliphatic rings. The minimum atomic E-state index is 0.491. The number of nitrogens with one attached hydrogen (secondary N) is 2. The second-order valence-corrected chi connectivity index (χ2v) is 4.55. The first-order chi connectivity index (χ1) is 9.21. The lowest BCUT2D eigenvalue weighted by atomic mass is 10.3. The van der Waals surface area contributed by atoms with Crippen molar-refractivity contribution in [2.24, 2.45) is 10.8 Å². The van der Waals surface area contributed by atoms with Crippen molar-refractivity contribution in [1.29, 1.82) is 0 Å². The minimum Gasteiger partial charge on any atom is -0.497 e. The quantitative estimate of drug-likeness (QED) is 0.243. The molecule has 0 saturated carbocycles. The van der Waals surface area contributed by atoms with Crippen molar-refractivity contribution in [1.82, 2.24) is 5.43 Å². The van der Waals surface area contributed by atoms with Gasteiger partial charge in [-0.15, -0.1) is 0 Å². The predicted octanol–water partition coefficient (Wildman–Crippen LogP) is 1.73. The summed E-state index contributed by atoms with van der Waals surface area (Å²) in [5.41, 5.74) is 3.35. The number of benzene rings is 1. The van der Waals surface area contributed by atoms with E-state index < -0.39 is 0 Å². The van der Waals surface area contributed by atoms with Gasteiger partial charge in [-0.2, -0.15) is 0 Å². The van der Waals surface area contributed by atoms with Gasteiger partial charge in [-0.25, -0.2) is 5.84 Å². The summed E-state index contributed by atoms with van der Waals surface area (Å²) in [6, 6.07) is 5.60. The van der Waals surface area contributed by atoms with Crippen molar-refractivity contribution in [3.05, 3.63) is 22.7 Å². The zero-order valence-corrected chi connectivity index (χ0v) is 12.7. The highest BCUT2D eigenvalue weighted by Crippen LogP contribution is 2.26. The van der Waals surface area contributed by atoms with Gasteiger partial charge in [0.2, 0.25) is 5.96 Å². The molecule has 1 rings (SSSR count). The summed E-state index contributed by atoms with van der Waals surface area (Å²) in [7, 11) is 3.28. The number of aliphatic imine (C=N–C) groups is 1. The molecule has 0 amide bonds. The first-order valence-electron chi connectivity index (χ1n) is 5.81. The Bertz CT molecular complexity index is 426. The van der Waals surface area contributed by atoms with Crippen LogP contribution in [0.2, 0.25) is 0 Å². The Morgan fingerprint density at radius 1 is 1.42 bits per heavy atom. The SMILES string of the molecule is COCCCN=C(NN)Nc1cc(OC)ccc1Br. The van der Waals surface area contributed by atoms with Gasteiger partial charge in [0.1, 0.15) is 5.75 Å². The standard InChI is InChI=1S/C12H19BrN4O2/c1-18-7-3-6-15-12(17-14)16-11-8-9(19-2)4-5-10(11)13/h4-5,8H,3,6-7,14H2,1-2H3,(H2,15,16,17). The lowest BCUT2D eigenvalue weighted by molar-refractivity contribution is 0.197. The normalized spacial score (nSPS) is 11.3. The molecule has 0 unspecified atom stereocenters. The number of hydrazine groups is 1. The van der Waals surface area contributed by atoms with Gasteiger partial charge in [0, 0.05) is 30.8 Å². The summed E-state index contributed by atoms with van der Waals surface area (Å²) in [5, 5.41) is 3.09. The smallest absolute Gasteiger partial charge is 0.210 e. The number of methoxy groups -OCH3 is 2. The van der Waals surface area contributed by atoms with Crippen LogP contribution in [0, 0.1) is 0 Å². The number of guanidine groups is 1. The molecule has 0 heterocycles. The number of hydrogen-bond acceptors (Lipinski definition) is 4. The van der Waals surface area contributed by atoms with Gasteiger partial charge >= 0.3 is 0 Å². The first-order valence-corrected chi connectivity index (χ1v) is 6.61. The number of nitrogens with two attached hydrogens (primary N) is 1. The molecule has 6 nitrogen and oxygen atoms in total. The largest absolute Gasteiger partial charge is 0.497 e. The predicted molar refractivity (Wildman–Crippen MR) is 80.4 cm³/mol. The molecule has 0 aromatic heterocycles. The third-order valence-corrected chi connectivity index (χ3v) is 3.03. The lowest BCUT2D eigenvalue weighted by Crippen LogP contribution is -2.36. The second kappa shape index (κ2) is 8.73. The van der Waals surface area contributed by atoms with E-state index >= 15 is 0 Å². The maximum atomic E-state index is 5.43. The molecule has 0 saturated heterocycles. The molecule has 0 fully saturated rings. The van der Waals surface area contributed by atoms with Crippen molar-refractivity contribution >= 4 is 27.6 Å². The van der Waals surface area contributed by atoms with Crippen molar-refractivity contribution in [2.75, 3.05) is 32.7 Å². The lowest BCUT2D eigenvalue weighted by Gasteiger charge is -2.12. The topological polar surface area (TPSA) is 80.9 Å². The number of hydrogen-bond donors (Lipinski definition) is 3. The van der Waals surface area contributed by atoms with Gasteiger partial charge in [0.05, 0.1) is 12.8 Å². The molecule has 0 aliphatic carbocycles. The average Bonchev–Trinajstić information content (AvgIpc) is 2.44. The third-order valence-electron chi connectivity index (χ3n) is 2.34. The van der Waals surface area contributed by atoms with E-state index in [4.69, 9.17) is 15.3 Å². The Balaban J connectivity index is 2.69. The van der Waals surface area contributed by atoms with Crippen molar-refractivity contribution in [2.45, 2.75) is 6.42 Å². The van der Waals surface area contributed by atoms with Gasteiger partial charge < -0.3 is 14.8 Å². The Morgan fingerprint density at radius 2 is 2.21 bits per heavy atom. The van der Waals surface area contributed by atoms with Crippen LogP contribution in [0.5, 0.6) is 5.75 Å². The van der Waals surface area contributed by atoms with Crippen molar-refractivity contribution < 1.29 is 9.47 Å². The first kappa shape index (κ1) is 15.7. The Hall–Kier alpha value is -1.31. The molecular formula is C12H19BrN4O2. The molecular weight excluding hydrogens is 312 g/mol. The van der Waals surface area contributed by atoms with E-state index in [1.807, 2.05) is 18.2 Å². The third kappa shape index (κ3) is 5.46. The average molecular weight is 331 g/mol. The highest BCUT2D eigenvalue weighted by molar-refractivity contribution is 9.10. The fourth-order valence-corrected chi connectivity index (χ4v) is 1.72. The van der Waals surface area contributed by atoms with Gasteiger partial charge in [0.15, 0.2) is 0 Å². The van der Waals surface area contributed by atoms with Crippen LogP contribution in [0.4, 0.5) is 5.69 Å². The van der Waals surface area contributed by atoms with Crippen molar-refractivity contribution in [3.8, 4) is 5.75 Å². The van der Waals surface area contributed by atoms with Crippen LogP contribution < -0.4 is 21.3 Å². The number of halogens is 1. The molecule has 0 radical (unpaired) electrons. The molecule has 1 aromatic carbocycles. The van der Waals surface area contributed by atoms with Gasteiger partial charge in [-0.05, 0) is 34.5 Å². The Labute approximate surface area is 121 Å². The fourth-order valence-electron chi connectivity index (χ4n) is 1.38. The zero-order valence-electron chi connectivity index (χ0n) is 11.1. The molecule has 0 bridgehead atoms. The van der Waals surface area contributed by atoms with Crippen LogP contribution in [0.15, 0.2) is 27.7 Å². The van der Waals surface area contributed by atoms with Crippen LogP contribution in [0.25, 0.3) is 0 Å². The maximum absolute atomic E-state index is 5.43. The summed E-state index contributed by atoms with van der Waals surface area (Å²) >= 11 is 3.45.